The molecule has 6 heteroatoms. The van der Waals surface area contributed by atoms with Crippen LogP contribution in [0.1, 0.15) is 33.1 Å². The minimum Gasteiger partial charge on any atom is -0.381 e. The molecule has 0 aromatic carbocycles. The van der Waals surface area contributed by atoms with Crippen molar-refractivity contribution in [2.45, 2.75) is 33.1 Å². The maximum absolute atomic E-state index is 5.67. The van der Waals surface area contributed by atoms with Crippen LogP contribution in [0.4, 0.5) is 0 Å². The van der Waals surface area contributed by atoms with E-state index in [-0.39, 0.29) is 0 Å². The quantitative estimate of drug-likeness (QED) is 0.338. The van der Waals surface area contributed by atoms with Crippen LogP contribution in [0, 0.1) is 11.8 Å². The van der Waals surface area contributed by atoms with Crippen molar-refractivity contribution in [2.24, 2.45) is 16.8 Å². The van der Waals surface area contributed by atoms with Crippen molar-refractivity contribution in [3.8, 4) is 0 Å². The number of hydrogen-bond donors (Lipinski definition) is 2. The van der Waals surface area contributed by atoms with Crippen molar-refractivity contribution in [3.63, 3.8) is 0 Å². The molecule has 0 aromatic heterocycles. The maximum Gasteiger partial charge on any atom is 0.191 e. The number of nitrogens with one attached hydrogen (secondary N) is 2. The van der Waals surface area contributed by atoms with Gasteiger partial charge in [-0.2, -0.15) is 0 Å². The summed E-state index contributed by atoms with van der Waals surface area (Å²) in [5, 5.41) is 6.73. The van der Waals surface area contributed by atoms with E-state index in [4.69, 9.17) is 14.5 Å². The van der Waals surface area contributed by atoms with Gasteiger partial charge in [0, 0.05) is 52.5 Å². The Morgan fingerprint density at radius 2 is 2.08 bits per heavy atom. The zero-order valence-corrected chi connectivity index (χ0v) is 15.6. The van der Waals surface area contributed by atoms with E-state index in [0.717, 1.165) is 84.0 Å². The normalized spacial score (nSPS) is 20.8. The monoisotopic (exact) mass is 340 g/mol. The molecule has 0 radical (unpaired) electrons. The molecule has 2 N–H and O–H groups in total. The van der Waals surface area contributed by atoms with E-state index < -0.39 is 0 Å². The fraction of sp³-hybridized carbons (Fsp3) is 0.944. The third-order valence-corrected chi connectivity index (χ3v) is 4.39. The van der Waals surface area contributed by atoms with E-state index in [2.05, 4.69) is 29.4 Å². The number of nitrogens with zero attached hydrogens (tertiary/aromatic N) is 2. The lowest BCUT2D eigenvalue weighted by Gasteiger charge is -2.28. The van der Waals surface area contributed by atoms with Gasteiger partial charge in [-0.15, -0.1) is 0 Å². The molecule has 0 spiro atoms. The second-order valence-electron chi connectivity index (χ2n) is 7.04. The molecule has 0 aromatic rings. The van der Waals surface area contributed by atoms with Crippen LogP contribution in [0.15, 0.2) is 4.99 Å². The van der Waals surface area contributed by atoms with Gasteiger partial charge in [0.25, 0.3) is 0 Å². The number of morpholine rings is 1. The van der Waals surface area contributed by atoms with E-state index in [1.165, 1.54) is 12.8 Å². The Morgan fingerprint density at radius 3 is 2.79 bits per heavy atom. The van der Waals surface area contributed by atoms with Gasteiger partial charge >= 0.3 is 0 Å². The number of guanidine groups is 1. The molecule has 1 saturated heterocycles. The van der Waals surface area contributed by atoms with E-state index >= 15 is 0 Å². The molecule has 24 heavy (non-hydrogen) atoms. The highest BCUT2D eigenvalue weighted by Crippen LogP contribution is 2.28. The number of hydrogen-bond acceptors (Lipinski definition) is 4. The highest BCUT2D eigenvalue weighted by molar-refractivity contribution is 5.79. The lowest BCUT2D eigenvalue weighted by atomic mass is 10.1. The van der Waals surface area contributed by atoms with Crippen molar-refractivity contribution >= 4 is 5.96 Å². The van der Waals surface area contributed by atoms with Crippen LogP contribution in [-0.4, -0.2) is 76.6 Å². The van der Waals surface area contributed by atoms with Crippen LogP contribution in [-0.2, 0) is 9.47 Å². The SMILES string of the molecule is CCNC(=NCC(C)CN1CCOCC1)NCCCOCC1CC1. The number of ether oxygens (including phenoxy) is 2. The second kappa shape index (κ2) is 11.7. The van der Waals surface area contributed by atoms with Crippen LogP contribution in [0.25, 0.3) is 0 Å². The predicted molar refractivity (Wildman–Crippen MR) is 98.6 cm³/mol. The molecular formula is C18H36N4O2. The molecule has 1 saturated carbocycles. The molecule has 2 fully saturated rings. The van der Waals surface area contributed by atoms with Gasteiger partial charge in [-0.1, -0.05) is 6.92 Å². The van der Waals surface area contributed by atoms with Crippen molar-refractivity contribution in [1.29, 1.82) is 0 Å². The Bertz CT molecular complexity index is 355. The predicted octanol–water partition coefficient (Wildman–Crippen LogP) is 1.33. The Labute approximate surface area is 147 Å². The summed E-state index contributed by atoms with van der Waals surface area (Å²) in [7, 11) is 0. The van der Waals surface area contributed by atoms with Gasteiger partial charge in [0.15, 0.2) is 5.96 Å². The Kier molecular flexibility index (Phi) is 9.46. The maximum atomic E-state index is 5.67. The Hall–Kier alpha value is -0.850. The zero-order valence-electron chi connectivity index (χ0n) is 15.6. The van der Waals surface area contributed by atoms with Crippen molar-refractivity contribution in [3.05, 3.63) is 0 Å². The van der Waals surface area contributed by atoms with Crippen molar-refractivity contribution in [2.75, 3.05) is 65.7 Å². The first-order valence-electron chi connectivity index (χ1n) is 9.68. The summed E-state index contributed by atoms with van der Waals surface area (Å²) in [6.07, 6.45) is 3.75. The summed E-state index contributed by atoms with van der Waals surface area (Å²) in [4.78, 5) is 7.20. The van der Waals surface area contributed by atoms with Gasteiger partial charge in [0.05, 0.1) is 13.2 Å². The molecule has 2 aliphatic rings. The van der Waals surface area contributed by atoms with Crippen molar-refractivity contribution in [1.82, 2.24) is 15.5 Å². The highest BCUT2D eigenvalue weighted by Gasteiger charge is 2.20. The van der Waals surface area contributed by atoms with Gasteiger partial charge < -0.3 is 20.1 Å². The van der Waals surface area contributed by atoms with E-state index in [0.29, 0.717) is 5.92 Å². The first-order chi connectivity index (χ1) is 11.8. The fourth-order valence-electron chi connectivity index (χ4n) is 2.79. The average Bonchev–Trinajstić information content (AvgIpc) is 3.41. The molecule has 2 rings (SSSR count). The topological polar surface area (TPSA) is 58.1 Å². The van der Waals surface area contributed by atoms with Gasteiger partial charge in [-0.3, -0.25) is 9.89 Å². The Morgan fingerprint density at radius 1 is 1.29 bits per heavy atom. The molecule has 6 nitrogen and oxygen atoms in total. The first-order valence-corrected chi connectivity index (χ1v) is 9.68. The van der Waals surface area contributed by atoms with Crippen LogP contribution in [0.2, 0.25) is 0 Å². The molecular weight excluding hydrogens is 304 g/mol. The van der Waals surface area contributed by atoms with E-state index in [9.17, 15) is 0 Å². The van der Waals surface area contributed by atoms with Crippen LogP contribution < -0.4 is 10.6 Å². The smallest absolute Gasteiger partial charge is 0.191 e. The van der Waals surface area contributed by atoms with Crippen LogP contribution in [0.3, 0.4) is 0 Å². The summed E-state index contributed by atoms with van der Waals surface area (Å²) < 4.78 is 11.1. The number of rotatable bonds is 11. The third kappa shape index (κ3) is 8.85. The summed E-state index contributed by atoms with van der Waals surface area (Å²) in [5.41, 5.74) is 0. The van der Waals surface area contributed by atoms with Crippen molar-refractivity contribution < 1.29 is 9.47 Å². The van der Waals surface area contributed by atoms with Crippen LogP contribution >= 0.6 is 0 Å². The summed E-state index contributed by atoms with van der Waals surface area (Å²) in [5.74, 6) is 2.33. The van der Waals surface area contributed by atoms with Crippen LogP contribution in [0.5, 0.6) is 0 Å². The van der Waals surface area contributed by atoms with Gasteiger partial charge in [-0.05, 0) is 38.0 Å². The Balaban J connectivity index is 1.57. The molecule has 0 amide bonds. The summed E-state index contributed by atoms with van der Waals surface area (Å²) in [6.45, 7) is 13.7. The molecule has 1 aliphatic heterocycles. The first kappa shape index (κ1) is 19.5. The zero-order chi connectivity index (χ0) is 17.0. The lowest BCUT2D eigenvalue weighted by molar-refractivity contribution is 0.0323. The average molecular weight is 341 g/mol. The lowest BCUT2D eigenvalue weighted by Crippen LogP contribution is -2.40. The minimum atomic E-state index is 0.556. The van der Waals surface area contributed by atoms with Gasteiger partial charge in [0.2, 0.25) is 0 Å². The third-order valence-electron chi connectivity index (χ3n) is 4.39. The summed E-state index contributed by atoms with van der Waals surface area (Å²) in [6, 6.07) is 0. The highest BCUT2D eigenvalue weighted by atomic mass is 16.5. The minimum absolute atomic E-state index is 0.556. The standard InChI is InChI=1S/C18H36N4O2/c1-3-19-18(20-7-4-10-24-15-17-5-6-17)21-13-16(2)14-22-8-11-23-12-9-22/h16-17H,3-15H2,1-2H3,(H2,19,20,21). The molecule has 1 atom stereocenters. The van der Waals surface area contributed by atoms with Gasteiger partial charge in [0.1, 0.15) is 0 Å². The summed E-state index contributed by atoms with van der Waals surface area (Å²) >= 11 is 0. The number of aliphatic imine (C=N–C) groups is 1. The van der Waals surface area contributed by atoms with E-state index in [1.54, 1.807) is 0 Å². The fourth-order valence-corrected chi connectivity index (χ4v) is 2.79. The van der Waals surface area contributed by atoms with E-state index in [1.807, 2.05) is 0 Å². The molecule has 1 aliphatic carbocycles. The molecule has 1 heterocycles. The molecule has 0 bridgehead atoms. The largest absolute Gasteiger partial charge is 0.381 e. The second-order valence-corrected chi connectivity index (χ2v) is 7.04. The molecule has 140 valence electrons. The van der Waals surface area contributed by atoms with Gasteiger partial charge in [-0.25, -0.2) is 0 Å². The molecule has 1 unspecified atom stereocenters.